The molecule has 1 aliphatic heterocycles. The van der Waals surface area contributed by atoms with E-state index in [0.717, 1.165) is 23.4 Å². The highest BCUT2D eigenvalue weighted by Crippen LogP contribution is 2.28. The largest absolute Gasteiger partial charge is 0.486 e. The number of ether oxygens (including phenoxy) is 1. The Kier molecular flexibility index (Phi) is 6.08. The summed E-state index contributed by atoms with van der Waals surface area (Å²) >= 11 is 1.51. The lowest BCUT2D eigenvalue weighted by Gasteiger charge is -2.17. The van der Waals surface area contributed by atoms with Gasteiger partial charge in [-0.2, -0.15) is 4.31 Å². The third-order valence-electron chi connectivity index (χ3n) is 5.15. The molecule has 2 aromatic carbocycles. The molecule has 0 atom stereocenters. The Balaban J connectivity index is 1.52. The fourth-order valence-electron chi connectivity index (χ4n) is 3.42. The molecule has 1 amide bonds. The number of thiazole rings is 1. The molecule has 0 saturated carbocycles. The zero-order chi connectivity index (χ0) is 22.0. The molecule has 2 N–H and O–H groups in total. The third-order valence-corrected chi connectivity index (χ3v) is 7.98. The lowest BCUT2D eigenvalue weighted by molar-refractivity contribution is 0.0995. The number of rotatable bonds is 7. The molecule has 1 fully saturated rings. The first-order chi connectivity index (χ1) is 14.8. The molecule has 1 aromatic heterocycles. The number of aryl methyl sites for hydroxylation is 1. The predicted octanol–water partition coefficient (Wildman–Crippen LogP) is 3.58. The Morgan fingerprint density at radius 3 is 2.55 bits per heavy atom. The molecule has 3 aromatic rings. The van der Waals surface area contributed by atoms with Crippen molar-refractivity contribution in [3.05, 3.63) is 64.7 Å². The number of aromatic nitrogens is 1. The molecule has 1 aliphatic rings. The van der Waals surface area contributed by atoms with Crippen molar-refractivity contribution < 1.29 is 17.9 Å². The van der Waals surface area contributed by atoms with Gasteiger partial charge in [0.15, 0.2) is 0 Å². The van der Waals surface area contributed by atoms with Crippen LogP contribution in [0.15, 0.2) is 52.7 Å². The van der Waals surface area contributed by atoms with Gasteiger partial charge in [-0.1, -0.05) is 29.8 Å². The maximum absolute atomic E-state index is 12.8. The maximum Gasteiger partial charge on any atom is 0.252 e. The molecule has 31 heavy (non-hydrogen) atoms. The van der Waals surface area contributed by atoms with Crippen molar-refractivity contribution in [3.63, 3.8) is 0 Å². The van der Waals surface area contributed by atoms with Crippen LogP contribution in [0.1, 0.15) is 34.5 Å². The van der Waals surface area contributed by atoms with Crippen LogP contribution in [0.5, 0.6) is 5.75 Å². The summed E-state index contributed by atoms with van der Waals surface area (Å²) in [6.45, 7) is 3.14. The summed E-state index contributed by atoms with van der Waals surface area (Å²) in [5.74, 6) is -0.509. The lowest BCUT2D eigenvalue weighted by Crippen LogP contribution is -2.28. The lowest BCUT2D eigenvalue weighted by atomic mass is 10.2. The first-order valence-corrected chi connectivity index (χ1v) is 12.2. The minimum absolute atomic E-state index is 0.0364. The molecule has 0 unspecified atom stereocenters. The zero-order valence-electron chi connectivity index (χ0n) is 17.1. The van der Waals surface area contributed by atoms with Crippen molar-refractivity contribution in [2.75, 3.05) is 13.1 Å². The fraction of sp³-hybridized carbons (Fsp3) is 0.273. The van der Waals surface area contributed by atoms with Gasteiger partial charge in [0.05, 0.1) is 16.2 Å². The number of hydrogen-bond donors (Lipinski definition) is 1. The highest BCUT2D eigenvalue weighted by molar-refractivity contribution is 7.89. The number of nitrogens with two attached hydrogens (primary N) is 1. The van der Waals surface area contributed by atoms with Crippen molar-refractivity contribution in [1.82, 2.24) is 9.29 Å². The van der Waals surface area contributed by atoms with Crippen LogP contribution in [0, 0.1) is 6.92 Å². The molecule has 0 aliphatic carbocycles. The fourth-order valence-corrected chi connectivity index (χ4v) is 5.77. The molecular weight excluding hydrogens is 434 g/mol. The van der Waals surface area contributed by atoms with E-state index in [9.17, 15) is 13.2 Å². The summed E-state index contributed by atoms with van der Waals surface area (Å²) in [4.78, 5) is 16.6. The van der Waals surface area contributed by atoms with E-state index in [2.05, 4.69) is 4.98 Å². The Morgan fingerprint density at radius 1 is 1.16 bits per heavy atom. The van der Waals surface area contributed by atoms with E-state index in [1.54, 1.807) is 0 Å². The van der Waals surface area contributed by atoms with E-state index >= 15 is 0 Å². The van der Waals surface area contributed by atoms with Crippen molar-refractivity contribution in [2.45, 2.75) is 31.3 Å². The molecule has 7 nitrogen and oxygen atoms in total. The van der Waals surface area contributed by atoms with E-state index in [1.807, 2.05) is 36.6 Å². The van der Waals surface area contributed by atoms with Gasteiger partial charge >= 0.3 is 0 Å². The smallest absolute Gasteiger partial charge is 0.252 e. The van der Waals surface area contributed by atoms with Crippen molar-refractivity contribution in [3.8, 4) is 16.3 Å². The van der Waals surface area contributed by atoms with Gasteiger partial charge in [-0.15, -0.1) is 11.3 Å². The summed E-state index contributed by atoms with van der Waals surface area (Å²) in [6, 6.07) is 12.3. The van der Waals surface area contributed by atoms with Gasteiger partial charge in [-0.3, -0.25) is 4.79 Å². The Labute approximate surface area is 185 Å². The Bertz CT molecular complexity index is 1200. The average molecular weight is 458 g/mol. The van der Waals surface area contributed by atoms with Crippen molar-refractivity contribution in [1.29, 1.82) is 0 Å². The molecule has 0 bridgehead atoms. The van der Waals surface area contributed by atoms with E-state index in [1.165, 1.54) is 39.4 Å². The maximum atomic E-state index is 12.8. The highest BCUT2D eigenvalue weighted by atomic mass is 32.2. The standard InChI is InChI=1S/C22H23N3O4S2/c1-15-4-6-16(7-5-15)22-24-17(14-30-22)13-29-20-9-8-18(12-19(20)21(23)26)31(27,28)25-10-2-3-11-25/h4-9,12,14H,2-3,10-11,13H2,1H3,(H2,23,26). The van der Waals surface area contributed by atoms with Gasteiger partial charge in [0.2, 0.25) is 10.0 Å². The first kappa shape index (κ1) is 21.5. The Morgan fingerprint density at radius 2 is 1.87 bits per heavy atom. The van der Waals surface area contributed by atoms with Crippen LogP contribution in [-0.4, -0.2) is 36.7 Å². The van der Waals surface area contributed by atoms with Crippen LogP contribution in [-0.2, 0) is 16.6 Å². The second kappa shape index (κ2) is 8.78. The quantitative estimate of drug-likeness (QED) is 0.584. The highest BCUT2D eigenvalue weighted by Gasteiger charge is 2.28. The number of benzene rings is 2. The number of carbonyl (C=O) groups excluding carboxylic acids is 1. The topological polar surface area (TPSA) is 103 Å². The van der Waals surface area contributed by atoms with Gasteiger partial charge < -0.3 is 10.5 Å². The molecule has 2 heterocycles. The van der Waals surface area contributed by atoms with E-state index in [4.69, 9.17) is 10.5 Å². The van der Waals surface area contributed by atoms with Crippen LogP contribution >= 0.6 is 11.3 Å². The third kappa shape index (κ3) is 4.63. The van der Waals surface area contributed by atoms with Crippen molar-refractivity contribution >= 4 is 27.3 Å². The number of amides is 1. The van der Waals surface area contributed by atoms with Crippen LogP contribution < -0.4 is 10.5 Å². The first-order valence-electron chi connectivity index (χ1n) is 9.93. The second-order valence-electron chi connectivity index (χ2n) is 7.43. The number of carbonyl (C=O) groups is 1. The van der Waals surface area contributed by atoms with Gasteiger partial charge in [0.1, 0.15) is 17.4 Å². The zero-order valence-corrected chi connectivity index (χ0v) is 18.7. The van der Waals surface area contributed by atoms with Crippen LogP contribution in [0.2, 0.25) is 0 Å². The van der Waals surface area contributed by atoms with Gasteiger partial charge in [-0.05, 0) is 38.0 Å². The van der Waals surface area contributed by atoms with Crippen molar-refractivity contribution in [2.24, 2.45) is 5.73 Å². The van der Waals surface area contributed by atoms with Crippen LogP contribution in [0.25, 0.3) is 10.6 Å². The summed E-state index contributed by atoms with van der Waals surface area (Å²) in [5.41, 5.74) is 8.45. The predicted molar refractivity (Wildman–Crippen MR) is 120 cm³/mol. The monoisotopic (exact) mass is 457 g/mol. The molecule has 9 heteroatoms. The molecule has 0 spiro atoms. The summed E-state index contributed by atoms with van der Waals surface area (Å²) in [5, 5.41) is 2.77. The van der Waals surface area contributed by atoms with Gasteiger partial charge in [-0.25, -0.2) is 13.4 Å². The van der Waals surface area contributed by atoms with Crippen LogP contribution in [0.3, 0.4) is 0 Å². The number of hydrogen-bond acceptors (Lipinski definition) is 6. The normalized spacial score (nSPS) is 14.6. The second-order valence-corrected chi connectivity index (χ2v) is 10.2. The molecular formula is C22H23N3O4S2. The minimum atomic E-state index is -3.65. The van der Waals surface area contributed by atoms with Crippen LogP contribution in [0.4, 0.5) is 0 Å². The van der Waals surface area contributed by atoms with Gasteiger partial charge in [0.25, 0.3) is 5.91 Å². The molecule has 4 rings (SSSR count). The summed E-state index contributed by atoms with van der Waals surface area (Å²) < 4.78 is 32.8. The minimum Gasteiger partial charge on any atom is -0.486 e. The van der Waals surface area contributed by atoms with E-state index in [-0.39, 0.29) is 22.8 Å². The molecule has 0 radical (unpaired) electrons. The number of primary amides is 1. The Hall–Kier alpha value is -2.75. The SMILES string of the molecule is Cc1ccc(-c2nc(COc3ccc(S(=O)(=O)N4CCCC4)cc3C(N)=O)cs2)cc1. The number of sulfonamides is 1. The van der Waals surface area contributed by atoms with Gasteiger partial charge in [0, 0.05) is 24.0 Å². The molecule has 1 saturated heterocycles. The van der Waals surface area contributed by atoms with E-state index < -0.39 is 15.9 Å². The number of nitrogens with zero attached hydrogens (tertiary/aromatic N) is 2. The average Bonchev–Trinajstić information content (AvgIpc) is 3.45. The summed E-state index contributed by atoms with van der Waals surface area (Å²) in [6.07, 6.45) is 1.67. The molecule has 162 valence electrons. The van der Waals surface area contributed by atoms with E-state index in [0.29, 0.717) is 18.8 Å². The summed E-state index contributed by atoms with van der Waals surface area (Å²) in [7, 11) is -3.65.